The maximum Gasteiger partial charge on any atom is 0.419 e. The van der Waals surface area contributed by atoms with Gasteiger partial charge in [0.15, 0.2) is 5.60 Å². The van der Waals surface area contributed by atoms with Crippen molar-refractivity contribution in [3.63, 3.8) is 0 Å². The van der Waals surface area contributed by atoms with Crippen LogP contribution in [0, 0.1) is 0 Å². The van der Waals surface area contributed by atoms with E-state index in [1.165, 1.54) is 0 Å². The van der Waals surface area contributed by atoms with Gasteiger partial charge in [0.2, 0.25) is 0 Å². The number of aryl methyl sites for hydroxylation is 1. The first-order valence-corrected chi connectivity index (χ1v) is 8.23. The van der Waals surface area contributed by atoms with Crippen LogP contribution in [-0.4, -0.2) is 34.4 Å². The maximum absolute atomic E-state index is 13.1. The second kappa shape index (κ2) is 5.89. The van der Waals surface area contributed by atoms with Gasteiger partial charge < -0.3 is 10.2 Å². The molecule has 22 heavy (non-hydrogen) atoms. The molecular formula is C15H18ClF3O2S. The average Bonchev–Trinajstić information content (AvgIpc) is 2.84. The Labute approximate surface area is 136 Å². The van der Waals surface area contributed by atoms with Crippen LogP contribution in [-0.2, 0) is 11.8 Å². The van der Waals surface area contributed by atoms with E-state index in [2.05, 4.69) is 0 Å². The van der Waals surface area contributed by atoms with Crippen LogP contribution in [0.25, 0.3) is 0 Å². The molecule has 0 aromatic heterocycles. The second-order valence-electron chi connectivity index (χ2n) is 6.26. The van der Waals surface area contributed by atoms with Crippen molar-refractivity contribution in [1.29, 1.82) is 0 Å². The molecule has 0 bridgehead atoms. The first kappa shape index (κ1) is 17.9. The Kier molecular flexibility index (Phi) is 4.80. The largest absolute Gasteiger partial charge is 0.419 e. The molecule has 1 aliphatic heterocycles. The van der Waals surface area contributed by atoms with E-state index in [1.807, 2.05) is 6.07 Å². The number of fused-ring (bicyclic) bond motifs is 1. The Morgan fingerprint density at radius 3 is 2.45 bits per heavy atom. The molecule has 1 aromatic carbocycles. The van der Waals surface area contributed by atoms with E-state index in [-0.39, 0.29) is 0 Å². The molecule has 0 radical (unpaired) electrons. The van der Waals surface area contributed by atoms with Crippen molar-refractivity contribution in [2.45, 2.75) is 48.8 Å². The van der Waals surface area contributed by atoms with Crippen molar-refractivity contribution in [3.05, 3.63) is 28.3 Å². The molecule has 0 spiro atoms. The summed E-state index contributed by atoms with van der Waals surface area (Å²) in [6.45, 7) is 1.85. The van der Waals surface area contributed by atoms with Gasteiger partial charge in [-0.15, -0.1) is 11.8 Å². The van der Waals surface area contributed by atoms with Crippen molar-refractivity contribution in [3.8, 4) is 0 Å². The predicted molar refractivity (Wildman–Crippen MR) is 81.6 cm³/mol. The third kappa shape index (κ3) is 3.11. The highest BCUT2D eigenvalue weighted by molar-refractivity contribution is 7.99. The van der Waals surface area contributed by atoms with Crippen LogP contribution < -0.4 is 0 Å². The minimum absolute atomic E-state index is 0.389. The summed E-state index contributed by atoms with van der Waals surface area (Å²) in [5, 5.41) is 19.3. The number of thioether (sulfide) groups is 1. The number of halogens is 4. The maximum atomic E-state index is 13.1. The summed E-state index contributed by atoms with van der Waals surface area (Å²) >= 11 is 7.81. The molecule has 1 aliphatic rings. The van der Waals surface area contributed by atoms with Gasteiger partial charge in [0.1, 0.15) is 0 Å². The Balaban J connectivity index is 2.46. The monoisotopic (exact) mass is 354 g/mol. The molecule has 0 amide bonds. The molecular weight excluding hydrogens is 337 g/mol. The zero-order chi connectivity index (χ0) is 16.8. The zero-order valence-electron chi connectivity index (χ0n) is 12.3. The molecule has 2 rings (SSSR count). The first-order chi connectivity index (χ1) is 10.0. The normalized spacial score (nSPS) is 18.2. The van der Waals surface area contributed by atoms with E-state index in [0.29, 0.717) is 10.6 Å². The van der Waals surface area contributed by atoms with Crippen LogP contribution in [0.5, 0.6) is 0 Å². The number of aliphatic hydroxyl groups excluding tert-OH is 1. The fourth-order valence-electron chi connectivity index (χ4n) is 2.92. The molecule has 7 heteroatoms. The molecule has 1 heterocycles. The molecule has 1 aromatic rings. The van der Waals surface area contributed by atoms with Gasteiger partial charge in [0.25, 0.3) is 0 Å². The molecule has 2 N–H and O–H groups in total. The van der Waals surface area contributed by atoms with Gasteiger partial charge in [-0.25, -0.2) is 0 Å². The molecule has 1 atom stereocenters. The van der Waals surface area contributed by atoms with Gasteiger partial charge in [0.05, 0.1) is 6.61 Å². The number of benzene rings is 1. The third-order valence-electron chi connectivity index (χ3n) is 4.01. The van der Waals surface area contributed by atoms with Gasteiger partial charge in [-0.05, 0) is 35.4 Å². The fourth-order valence-corrected chi connectivity index (χ4v) is 4.80. The summed E-state index contributed by atoms with van der Waals surface area (Å²) in [7, 11) is 0. The number of hydrogen-bond donors (Lipinski definition) is 2. The van der Waals surface area contributed by atoms with Crippen molar-refractivity contribution in [2.24, 2.45) is 0 Å². The van der Waals surface area contributed by atoms with Gasteiger partial charge in [-0.2, -0.15) is 13.2 Å². The van der Waals surface area contributed by atoms with Crippen molar-refractivity contribution < 1.29 is 23.4 Å². The number of rotatable bonds is 4. The van der Waals surface area contributed by atoms with Gasteiger partial charge in [-0.3, -0.25) is 0 Å². The van der Waals surface area contributed by atoms with E-state index in [1.54, 1.807) is 31.7 Å². The molecule has 0 unspecified atom stereocenters. The fraction of sp³-hybridized carbons (Fsp3) is 0.600. The quantitative estimate of drug-likeness (QED) is 0.860. The third-order valence-corrected chi connectivity index (χ3v) is 5.48. The Morgan fingerprint density at radius 2 is 1.91 bits per heavy atom. The topological polar surface area (TPSA) is 40.5 Å². The number of hydrogen-bond acceptors (Lipinski definition) is 3. The number of aliphatic hydroxyl groups is 2. The smallest absolute Gasteiger partial charge is 0.393 e. The summed E-state index contributed by atoms with van der Waals surface area (Å²) in [4.78, 5) is 0.903. The standard InChI is InChI=1S/C15H18ClF3O2S/c1-13(2,7-14(21,8-20)15(17,18)19)11-10(16)4-3-9-5-6-22-12(9)11/h3-4,20-21H,5-8H2,1-2H3/t14-/m1/s1. The van der Waals surface area contributed by atoms with Gasteiger partial charge in [-0.1, -0.05) is 31.5 Å². The van der Waals surface area contributed by atoms with Gasteiger partial charge in [0, 0.05) is 15.7 Å². The molecule has 2 nitrogen and oxygen atoms in total. The van der Waals surface area contributed by atoms with E-state index >= 15 is 0 Å². The summed E-state index contributed by atoms with van der Waals surface area (Å²) in [6.07, 6.45) is -4.71. The summed E-state index contributed by atoms with van der Waals surface area (Å²) < 4.78 is 39.2. The van der Waals surface area contributed by atoms with Crippen LogP contribution in [0.1, 0.15) is 31.4 Å². The molecule has 0 fully saturated rings. The van der Waals surface area contributed by atoms with Crippen molar-refractivity contribution >= 4 is 23.4 Å². The Bertz CT molecular complexity index is 575. The highest BCUT2D eigenvalue weighted by Crippen LogP contribution is 2.48. The lowest BCUT2D eigenvalue weighted by molar-refractivity contribution is -0.277. The van der Waals surface area contributed by atoms with Crippen molar-refractivity contribution in [2.75, 3.05) is 12.4 Å². The van der Waals surface area contributed by atoms with Crippen LogP contribution in [0.15, 0.2) is 17.0 Å². The SMILES string of the molecule is CC(C)(C[C@@](O)(CO)C(F)(F)F)c1c(Cl)ccc2c1SCC2. The van der Waals surface area contributed by atoms with E-state index < -0.39 is 30.2 Å². The van der Waals surface area contributed by atoms with Crippen LogP contribution in [0.3, 0.4) is 0 Å². The second-order valence-corrected chi connectivity index (χ2v) is 7.77. The van der Waals surface area contributed by atoms with Crippen molar-refractivity contribution in [1.82, 2.24) is 0 Å². The lowest BCUT2D eigenvalue weighted by Crippen LogP contribution is -2.52. The Morgan fingerprint density at radius 1 is 1.27 bits per heavy atom. The van der Waals surface area contributed by atoms with Gasteiger partial charge >= 0.3 is 6.18 Å². The minimum Gasteiger partial charge on any atom is -0.393 e. The molecule has 0 saturated carbocycles. The Hall–Kier alpha value is -0.430. The number of alkyl halides is 3. The average molecular weight is 355 g/mol. The molecule has 124 valence electrons. The van der Waals surface area contributed by atoms with E-state index in [0.717, 1.165) is 22.6 Å². The van der Waals surface area contributed by atoms with E-state index in [9.17, 15) is 18.3 Å². The predicted octanol–water partition coefficient (Wildman–Crippen LogP) is 3.94. The summed E-state index contributed by atoms with van der Waals surface area (Å²) in [5.74, 6) is 0.863. The zero-order valence-corrected chi connectivity index (χ0v) is 13.9. The van der Waals surface area contributed by atoms with Crippen LogP contribution in [0.2, 0.25) is 5.02 Å². The summed E-state index contributed by atoms with van der Waals surface area (Å²) in [5.41, 5.74) is -2.50. The molecule has 0 saturated heterocycles. The van der Waals surface area contributed by atoms with Crippen LogP contribution >= 0.6 is 23.4 Å². The minimum atomic E-state index is -4.91. The highest BCUT2D eigenvalue weighted by Gasteiger charge is 2.56. The highest BCUT2D eigenvalue weighted by atomic mass is 35.5. The summed E-state index contributed by atoms with van der Waals surface area (Å²) in [6, 6.07) is 3.58. The lowest BCUT2D eigenvalue weighted by atomic mass is 9.74. The molecule has 0 aliphatic carbocycles. The van der Waals surface area contributed by atoms with Crippen LogP contribution in [0.4, 0.5) is 13.2 Å². The first-order valence-electron chi connectivity index (χ1n) is 6.86. The van der Waals surface area contributed by atoms with E-state index in [4.69, 9.17) is 16.7 Å². The lowest BCUT2D eigenvalue weighted by Gasteiger charge is -2.37.